The number of halogens is 1. The first kappa shape index (κ1) is 10.1. The summed E-state index contributed by atoms with van der Waals surface area (Å²) in [6.07, 6.45) is 0.853. The van der Waals surface area contributed by atoms with Crippen molar-refractivity contribution in [1.82, 2.24) is 20.0 Å². The molecule has 0 radical (unpaired) electrons. The van der Waals surface area contributed by atoms with E-state index in [4.69, 9.17) is 11.6 Å². The normalized spacial score (nSPS) is 10.6. The second-order valence-corrected chi connectivity index (χ2v) is 3.64. The minimum absolute atomic E-state index is 0.560. The van der Waals surface area contributed by atoms with E-state index in [1.807, 2.05) is 32.0 Å². The van der Waals surface area contributed by atoms with Gasteiger partial charge >= 0.3 is 0 Å². The first-order valence-electron chi connectivity index (χ1n) is 4.76. The molecule has 0 N–H and O–H groups in total. The molecule has 0 aliphatic carbocycles. The van der Waals surface area contributed by atoms with Crippen molar-refractivity contribution in [3.63, 3.8) is 0 Å². The Morgan fingerprint density at radius 2 is 2.13 bits per heavy atom. The first-order valence-corrected chi connectivity index (χ1v) is 5.13. The maximum atomic E-state index is 6.03. The summed E-state index contributed by atoms with van der Waals surface area (Å²) in [6.45, 7) is 3.92. The van der Waals surface area contributed by atoms with Gasteiger partial charge in [-0.05, 0) is 31.5 Å². The molecular weight excluding hydrogens is 212 g/mol. The van der Waals surface area contributed by atoms with Crippen molar-refractivity contribution < 1.29 is 0 Å². The summed E-state index contributed by atoms with van der Waals surface area (Å²) < 4.78 is 1.59. The Balaban J connectivity index is 2.44. The zero-order valence-corrected chi connectivity index (χ0v) is 9.36. The number of hydrogen-bond acceptors (Lipinski definition) is 3. The van der Waals surface area contributed by atoms with E-state index in [1.165, 1.54) is 0 Å². The molecule has 2 rings (SSSR count). The van der Waals surface area contributed by atoms with Crippen LogP contribution in [0.5, 0.6) is 0 Å². The quantitative estimate of drug-likeness (QED) is 0.783. The van der Waals surface area contributed by atoms with E-state index in [0.717, 1.165) is 17.8 Å². The number of aryl methyl sites for hydroxylation is 2. The van der Waals surface area contributed by atoms with Crippen LogP contribution in [0.25, 0.3) is 5.82 Å². The van der Waals surface area contributed by atoms with Crippen LogP contribution < -0.4 is 0 Å². The summed E-state index contributed by atoms with van der Waals surface area (Å²) in [5, 5.41) is 12.9. The van der Waals surface area contributed by atoms with Gasteiger partial charge in [-0.2, -0.15) is 10.2 Å². The molecule has 78 valence electrons. The van der Waals surface area contributed by atoms with Gasteiger partial charge in [-0.25, -0.2) is 4.68 Å². The van der Waals surface area contributed by atoms with Crippen molar-refractivity contribution in [2.75, 3.05) is 0 Å². The second kappa shape index (κ2) is 3.98. The molecule has 0 aliphatic heterocycles. The molecular formula is C10H11ClN4. The average molecular weight is 223 g/mol. The van der Waals surface area contributed by atoms with Crippen molar-refractivity contribution in [2.45, 2.75) is 20.3 Å². The van der Waals surface area contributed by atoms with E-state index in [-0.39, 0.29) is 0 Å². The van der Waals surface area contributed by atoms with Crippen molar-refractivity contribution in [3.05, 3.63) is 34.7 Å². The lowest BCUT2D eigenvalue weighted by Gasteiger charge is -2.00. The van der Waals surface area contributed by atoms with Crippen LogP contribution in [0, 0.1) is 6.92 Å². The molecule has 15 heavy (non-hydrogen) atoms. The molecule has 0 saturated carbocycles. The summed E-state index contributed by atoms with van der Waals surface area (Å²) in [5.41, 5.74) is 1.82. The molecule has 0 atom stereocenters. The third-order valence-corrected chi connectivity index (χ3v) is 2.35. The lowest BCUT2D eigenvalue weighted by Crippen LogP contribution is -2.02. The standard InChI is InChI=1S/C10H11ClN4/c1-3-8-6-9(11)15(14-8)10-5-4-7(2)12-13-10/h4-6H,3H2,1-2H3. The lowest BCUT2D eigenvalue weighted by molar-refractivity contribution is 0.786. The summed E-state index contributed by atoms with van der Waals surface area (Å²) in [7, 11) is 0. The van der Waals surface area contributed by atoms with E-state index < -0.39 is 0 Å². The van der Waals surface area contributed by atoms with E-state index in [0.29, 0.717) is 11.0 Å². The van der Waals surface area contributed by atoms with Gasteiger partial charge in [0, 0.05) is 0 Å². The maximum Gasteiger partial charge on any atom is 0.177 e. The maximum absolute atomic E-state index is 6.03. The van der Waals surface area contributed by atoms with Crippen LogP contribution in [-0.2, 0) is 6.42 Å². The zero-order chi connectivity index (χ0) is 10.8. The smallest absolute Gasteiger partial charge is 0.177 e. The molecule has 0 bridgehead atoms. The Kier molecular flexibility index (Phi) is 2.68. The monoisotopic (exact) mass is 222 g/mol. The van der Waals surface area contributed by atoms with E-state index >= 15 is 0 Å². The first-order chi connectivity index (χ1) is 7.20. The van der Waals surface area contributed by atoms with Gasteiger partial charge in [0.15, 0.2) is 5.82 Å². The molecule has 0 fully saturated rings. The highest BCUT2D eigenvalue weighted by Crippen LogP contribution is 2.15. The minimum Gasteiger partial charge on any atom is -0.202 e. The van der Waals surface area contributed by atoms with Gasteiger partial charge in [0.1, 0.15) is 5.15 Å². The predicted molar refractivity (Wildman–Crippen MR) is 58.3 cm³/mol. The number of hydrogen-bond donors (Lipinski definition) is 0. The van der Waals surface area contributed by atoms with Crippen molar-refractivity contribution in [1.29, 1.82) is 0 Å². The third-order valence-electron chi connectivity index (χ3n) is 2.08. The Labute approximate surface area is 92.9 Å². The predicted octanol–water partition coefficient (Wildman–Crippen LogP) is 2.19. The van der Waals surface area contributed by atoms with Crippen molar-refractivity contribution in [2.24, 2.45) is 0 Å². The molecule has 2 heterocycles. The molecule has 0 saturated heterocycles. The van der Waals surface area contributed by atoms with Gasteiger partial charge in [0.25, 0.3) is 0 Å². The number of aromatic nitrogens is 4. The van der Waals surface area contributed by atoms with Gasteiger partial charge in [-0.15, -0.1) is 5.10 Å². The third kappa shape index (κ3) is 1.99. The molecule has 5 heteroatoms. The Bertz CT molecular complexity index is 461. The molecule has 0 amide bonds. The molecule has 0 spiro atoms. The lowest BCUT2D eigenvalue weighted by atomic mass is 10.3. The molecule has 0 aromatic carbocycles. The van der Waals surface area contributed by atoms with E-state index in [2.05, 4.69) is 15.3 Å². The topological polar surface area (TPSA) is 43.6 Å². The Hall–Kier alpha value is -1.42. The van der Waals surface area contributed by atoms with Crippen molar-refractivity contribution in [3.8, 4) is 5.82 Å². The van der Waals surface area contributed by atoms with Crippen LogP contribution in [0.4, 0.5) is 0 Å². The highest BCUT2D eigenvalue weighted by Gasteiger charge is 2.07. The van der Waals surface area contributed by atoms with Crippen LogP contribution >= 0.6 is 11.6 Å². The SMILES string of the molecule is CCc1cc(Cl)n(-c2ccc(C)nn2)n1. The summed E-state index contributed by atoms with van der Waals surface area (Å²) >= 11 is 6.03. The summed E-state index contributed by atoms with van der Waals surface area (Å²) in [6, 6.07) is 5.57. The van der Waals surface area contributed by atoms with Crippen LogP contribution in [0.15, 0.2) is 18.2 Å². The molecule has 2 aromatic rings. The van der Waals surface area contributed by atoms with Gasteiger partial charge in [0.2, 0.25) is 0 Å². The minimum atomic E-state index is 0.560. The van der Waals surface area contributed by atoms with Crippen LogP contribution in [0.3, 0.4) is 0 Å². The van der Waals surface area contributed by atoms with Crippen LogP contribution in [0.2, 0.25) is 5.15 Å². The summed E-state index contributed by atoms with van der Waals surface area (Å²) in [5.74, 6) is 0.644. The van der Waals surface area contributed by atoms with Crippen LogP contribution in [0.1, 0.15) is 18.3 Å². The Morgan fingerprint density at radius 3 is 2.67 bits per heavy atom. The molecule has 0 aliphatic rings. The van der Waals surface area contributed by atoms with Crippen LogP contribution in [-0.4, -0.2) is 20.0 Å². The van der Waals surface area contributed by atoms with Crippen molar-refractivity contribution >= 4 is 11.6 Å². The van der Waals surface area contributed by atoms with Gasteiger partial charge in [-0.1, -0.05) is 18.5 Å². The van der Waals surface area contributed by atoms with E-state index in [1.54, 1.807) is 4.68 Å². The molecule has 4 nitrogen and oxygen atoms in total. The average Bonchev–Trinajstić information content (AvgIpc) is 2.61. The van der Waals surface area contributed by atoms with Gasteiger partial charge in [-0.3, -0.25) is 0 Å². The Morgan fingerprint density at radius 1 is 1.33 bits per heavy atom. The van der Waals surface area contributed by atoms with Gasteiger partial charge < -0.3 is 0 Å². The second-order valence-electron chi connectivity index (χ2n) is 3.26. The fourth-order valence-corrected chi connectivity index (χ4v) is 1.49. The largest absolute Gasteiger partial charge is 0.202 e. The van der Waals surface area contributed by atoms with E-state index in [9.17, 15) is 0 Å². The zero-order valence-electron chi connectivity index (χ0n) is 8.61. The fraction of sp³-hybridized carbons (Fsp3) is 0.300. The number of rotatable bonds is 2. The molecule has 0 unspecified atom stereocenters. The molecule has 2 aromatic heterocycles. The fourth-order valence-electron chi connectivity index (χ4n) is 1.24. The summed E-state index contributed by atoms with van der Waals surface area (Å²) in [4.78, 5) is 0. The number of nitrogens with zero attached hydrogens (tertiary/aromatic N) is 4. The highest BCUT2D eigenvalue weighted by molar-refractivity contribution is 6.29. The van der Waals surface area contributed by atoms with Gasteiger partial charge in [0.05, 0.1) is 11.4 Å². The highest BCUT2D eigenvalue weighted by atomic mass is 35.5.